The third-order valence-corrected chi connectivity index (χ3v) is 5.06. The van der Waals surface area contributed by atoms with E-state index in [1.165, 1.54) is 0 Å². The lowest BCUT2D eigenvalue weighted by molar-refractivity contribution is -0.142. The van der Waals surface area contributed by atoms with Gasteiger partial charge in [-0.15, -0.1) is 0 Å². The second kappa shape index (κ2) is 11.4. The summed E-state index contributed by atoms with van der Waals surface area (Å²) < 4.78 is 11.0. The van der Waals surface area contributed by atoms with Crippen molar-refractivity contribution in [3.8, 4) is 11.5 Å². The number of nitrogens with zero attached hydrogens (tertiary/aromatic N) is 1. The molecule has 0 aromatic heterocycles. The fourth-order valence-corrected chi connectivity index (χ4v) is 3.05. The normalized spacial score (nSPS) is 11.7. The Morgan fingerprint density at radius 1 is 1.03 bits per heavy atom. The molecule has 6 heteroatoms. The van der Waals surface area contributed by atoms with E-state index in [-0.39, 0.29) is 18.4 Å². The molecule has 0 spiro atoms. The van der Waals surface area contributed by atoms with E-state index >= 15 is 0 Å². The lowest BCUT2D eigenvalue weighted by atomic mass is 10.1. The van der Waals surface area contributed by atoms with Gasteiger partial charge in [-0.3, -0.25) is 9.59 Å². The molecule has 0 saturated carbocycles. The van der Waals surface area contributed by atoms with Crippen LogP contribution in [0.1, 0.15) is 37.5 Å². The van der Waals surface area contributed by atoms with Gasteiger partial charge in [0.25, 0.3) is 5.91 Å². The molecular weight excluding hydrogens is 392 g/mol. The summed E-state index contributed by atoms with van der Waals surface area (Å²) in [7, 11) is 1.61. The molecule has 2 aromatic carbocycles. The summed E-state index contributed by atoms with van der Waals surface area (Å²) in [4.78, 5) is 27.4. The van der Waals surface area contributed by atoms with Gasteiger partial charge in [-0.1, -0.05) is 38.1 Å². The van der Waals surface area contributed by atoms with Gasteiger partial charge in [0.2, 0.25) is 5.91 Å². The van der Waals surface area contributed by atoms with Gasteiger partial charge < -0.3 is 19.7 Å². The maximum atomic E-state index is 13.1. The fraction of sp³-hybridized carbons (Fsp3) is 0.440. The Kier molecular flexibility index (Phi) is 8.91. The van der Waals surface area contributed by atoms with Crippen molar-refractivity contribution in [1.82, 2.24) is 10.2 Å². The average Bonchev–Trinajstić information content (AvgIpc) is 2.76. The van der Waals surface area contributed by atoms with Crippen molar-refractivity contribution in [2.45, 2.75) is 47.2 Å². The van der Waals surface area contributed by atoms with Gasteiger partial charge in [0.1, 0.15) is 17.5 Å². The summed E-state index contributed by atoms with van der Waals surface area (Å²) in [5.41, 5.74) is 2.93. The van der Waals surface area contributed by atoms with Crippen LogP contribution in [0.2, 0.25) is 0 Å². The minimum atomic E-state index is -0.629. The Bertz CT molecular complexity index is 878. The second-order valence-electron chi connectivity index (χ2n) is 8.24. The lowest BCUT2D eigenvalue weighted by Gasteiger charge is -2.29. The van der Waals surface area contributed by atoms with E-state index in [0.29, 0.717) is 24.8 Å². The molecule has 2 aromatic rings. The highest BCUT2D eigenvalue weighted by Crippen LogP contribution is 2.20. The largest absolute Gasteiger partial charge is 0.497 e. The van der Waals surface area contributed by atoms with Crippen molar-refractivity contribution < 1.29 is 19.1 Å². The summed E-state index contributed by atoms with van der Waals surface area (Å²) >= 11 is 0. The second-order valence-corrected chi connectivity index (χ2v) is 8.24. The molecular formula is C25H34N2O4. The van der Waals surface area contributed by atoms with Crippen molar-refractivity contribution in [3.05, 3.63) is 59.2 Å². The number of hydrogen-bond acceptors (Lipinski definition) is 4. The number of ether oxygens (including phenoxy) is 2. The Hall–Kier alpha value is -3.02. The minimum absolute atomic E-state index is 0.137. The predicted molar refractivity (Wildman–Crippen MR) is 122 cm³/mol. The topological polar surface area (TPSA) is 67.9 Å². The molecule has 2 amide bonds. The third kappa shape index (κ3) is 7.31. The van der Waals surface area contributed by atoms with Crippen molar-refractivity contribution in [2.75, 3.05) is 20.3 Å². The molecule has 6 nitrogen and oxygen atoms in total. The summed E-state index contributed by atoms with van der Waals surface area (Å²) in [5.74, 6) is 1.32. The van der Waals surface area contributed by atoms with Crippen molar-refractivity contribution in [3.63, 3.8) is 0 Å². The van der Waals surface area contributed by atoms with Gasteiger partial charge in [0, 0.05) is 13.1 Å². The Morgan fingerprint density at radius 3 is 2.32 bits per heavy atom. The van der Waals surface area contributed by atoms with Gasteiger partial charge in [-0.05, 0) is 61.6 Å². The number of carbonyl (C=O) groups excluding carboxylic acids is 2. The van der Waals surface area contributed by atoms with E-state index in [0.717, 1.165) is 22.4 Å². The van der Waals surface area contributed by atoms with Gasteiger partial charge in [-0.2, -0.15) is 0 Å². The molecule has 0 bridgehead atoms. The summed E-state index contributed by atoms with van der Waals surface area (Å²) in [6, 6.07) is 12.7. The summed E-state index contributed by atoms with van der Waals surface area (Å²) in [6.07, 6.45) is 0. The standard InChI is InChI=1S/C25H34N2O4/c1-17(2)14-26-25(29)20(5)27(15-21-9-11-22(30-6)12-10-21)24(28)16-31-23-13-18(3)7-8-19(23)4/h7-13,17,20H,14-16H2,1-6H3,(H,26,29)/t20-/m0/s1. The Morgan fingerprint density at radius 2 is 1.71 bits per heavy atom. The van der Waals surface area contributed by atoms with Crippen LogP contribution < -0.4 is 14.8 Å². The zero-order valence-electron chi connectivity index (χ0n) is 19.4. The first-order valence-corrected chi connectivity index (χ1v) is 10.6. The van der Waals surface area contributed by atoms with Gasteiger partial charge >= 0.3 is 0 Å². The van der Waals surface area contributed by atoms with Gasteiger partial charge in [0.15, 0.2) is 6.61 Å². The van der Waals surface area contributed by atoms with Crippen LogP contribution in [-0.4, -0.2) is 43.0 Å². The van der Waals surface area contributed by atoms with Crippen LogP contribution in [0.4, 0.5) is 0 Å². The van der Waals surface area contributed by atoms with Gasteiger partial charge in [0.05, 0.1) is 7.11 Å². The van der Waals surface area contributed by atoms with Crippen LogP contribution in [0.25, 0.3) is 0 Å². The van der Waals surface area contributed by atoms with Crippen molar-refractivity contribution >= 4 is 11.8 Å². The molecule has 0 aliphatic carbocycles. The highest BCUT2D eigenvalue weighted by Gasteiger charge is 2.26. The smallest absolute Gasteiger partial charge is 0.261 e. The molecule has 0 heterocycles. The number of nitrogens with one attached hydrogen (secondary N) is 1. The van der Waals surface area contributed by atoms with Gasteiger partial charge in [-0.25, -0.2) is 0 Å². The molecule has 0 radical (unpaired) electrons. The Labute approximate surface area is 185 Å². The average molecular weight is 427 g/mol. The number of methoxy groups -OCH3 is 1. The molecule has 168 valence electrons. The van der Waals surface area contributed by atoms with Crippen LogP contribution in [0.3, 0.4) is 0 Å². The molecule has 1 N–H and O–H groups in total. The highest BCUT2D eigenvalue weighted by atomic mass is 16.5. The summed E-state index contributed by atoms with van der Waals surface area (Å²) in [5, 5.41) is 2.92. The zero-order valence-corrected chi connectivity index (χ0v) is 19.4. The highest BCUT2D eigenvalue weighted by molar-refractivity contribution is 5.88. The molecule has 0 unspecified atom stereocenters. The first-order chi connectivity index (χ1) is 14.7. The number of aryl methyl sites for hydroxylation is 2. The number of rotatable bonds is 10. The van der Waals surface area contributed by atoms with E-state index < -0.39 is 6.04 Å². The third-order valence-electron chi connectivity index (χ3n) is 5.06. The predicted octanol–water partition coefficient (Wildman–Crippen LogP) is 3.88. The molecule has 0 fully saturated rings. The number of benzene rings is 2. The minimum Gasteiger partial charge on any atom is -0.497 e. The van der Waals surface area contributed by atoms with E-state index in [9.17, 15) is 9.59 Å². The lowest BCUT2D eigenvalue weighted by Crippen LogP contribution is -2.49. The SMILES string of the molecule is COc1ccc(CN(C(=O)COc2cc(C)ccc2C)[C@@H](C)C(=O)NCC(C)C)cc1. The van der Waals surface area contributed by atoms with Crippen LogP contribution in [0, 0.1) is 19.8 Å². The molecule has 31 heavy (non-hydrogen) atoms. The van der Waals surface area contributed by atoms with E-state index in [1.807, 2.05) is 70.2 Å². The molecule has 0 aliphatic rings. The quantitative estimate of drug-likeness (QED) is 0.626. The Balaban J connectivity index is 2.16. The monoisotopic (exact) mass is 426 g/mol. The molecule has 0 aliphatic heterocycles. The fourth-order valence-electron chi connectivity index (χ4n) is 3.05. The van der Waals surface area contributed by atoms with E-state index in [2.05, 4.69) is 5.32 Å². The number of carbonyl (C=O) groups is 2. The van der Waals surface area contributed by atoms with Crippen LogP contribution in [0.15, 0.2) is 42.5 Å². The zero-order chi connectivity index (χ0) is 23.0. The molecule has 0 saturated heterocycles. The molecule has 1 atom stereocenters. The maximum absolute atomic E-state index is 13.1. The van der Waals surface area contributed by atoms with Crippen molar-refractivity contribution in [1.29, 1.82) is 0 Å². The first-order valence-electron chi connectivity index (χ1n) is 10.6. The summed E-state index contributed by atoms with van der Waals surface area (Å²) in [6.45, 7) is 10.5. The van der Waals surface area contributed by atoms with Crippen LogP contribution >= 0.6 is 0 Å². The molecule has 2 rings (SSSR count). The van der Waals surface area contributed by atoms with E-state index in [4.69, 9.17) is 9.47 Å². The number of hydrogen-bond donors (Lipinski definition) is 1. The maximum Gasteiger partial charge on any atom is 0.261 e. The van der Waals surface area contributed by atoms with E-state index in [1.54, 1.807) is 18.9 Å². The van der Waals surface area contributed by atoms with Crippen LogP contribution in [0.5, 0.6) is 11.5 Å². The van der Waals surface area contributed by atoms with Crippen molar-refractivity contribution in [2.24, 2.45) is 5.92 Å². The first kappa shape index (κ1) is 24.3. The van der Waals surface area contributed by atoms with Crippen LogP contribution in [-0.2, 0) is 16.1 Å². The number of amides is 2.